The molecule has 0 amide bonds. The van der Waals surface area contributed by atoms with Crippen LogP contribution >= 0.6 is 11.3 Å². The van der Waals surface area contributed by atoms with Crippen molar-refractivity contribution >= 4 is 17.0 Å². The van der Waals surface area contributed by atoms with E-state index >= 15 is 0 Å². The number of thiophene rings is 1. The van der Waals surface area contributed by atoms with Gasteiger partial charge in [0.2, 0.25) is 0 Å². The maximum absolute atomic E-state index is 9.38. The van der Waals surface area contributed by atoms with Crippen molar-refractivity contribution in [3.05, 3.63) is 45.6 Å². The fourth-order valence-corrected chi connectivity index (χ4v) is 2.90. The van der Waals surface area contributed by atoms with Crippen LogP contribution < -0.4 is 10.1 Å². The number of rotatable bonds is 7. The summed E-state index contributed by atoms with van der Waals surface area (Å²) in [6.07, 6.45) is 1.09. The lowest BCUT2D eigenvalue weighted by molar-refractivity contribution is 0.267. The fraction of sp³-hybridized carbons (Fsp3) is 0.375. The predicted molar refractivity (Wildman–Crippen MR) is 84.6 cm³/mol. The molecule has 2 aromatic rings. The smallest absolute Gasteiger partial charge is 0.124 e. The van der Waals surface area contributed by atoms with Gasteiger partial charge >= 0.3 is 0 Å². The van der Waals surface area contributed by atoms with Crippen molar-refractivity contribution in [2.24, 2.45) is 0 Å². The lowest BCUT2D eigenvalue weighted by atomic mass is 10.2. The zero-order valence-corrected chi connectivity index (χ0v) is 12.8. The molecule has 4 heteroatoms. The van der Waals surface area contributed by atoms with Crippen molar-refractivity contribution in [3.8, 4) is 5.75 Å². The number of benzene rings is 1. The molecule has 2 N–H and O–H groups in total. The molecule has 0 saturated carbocycles. The van der Waals surface area contributed by atoms with Crippen LogP contribution in [0.25, 0.3) is 0 Å². The van der Waals surface area contributed by atoms with Gasteiger partial charge in [0.1, 0.15) is 5.75 Å². The number of aryl methyl sites for hydroxylation is 1. The summed E-state index contributed by atoms with van der Waals surface area (Å²) in [5.41, 5.74) is 1.82. The SMILES string of the molecule is CCOc1ccc(NCc2ccc(CC)s2)cc1CO. The van der Waals surface area contributed by atoms with Crippen LogP contribution in [0.4, 0.5) is 5.69 Å². The summed E-state index contributed by atoms with van der Waals surface area (Å²) < 4.78 is 5.48. The highest BCUT2D eigenvalue weighted by Gasteiger charge is 2.04. The molecule has 0 saturated heterocycles. The van der Waals surface area contributed by atoms with Crippen LogP contribution in [-0.4, -0.2) is 11.7 Å². The Balaban J connectivity index is 2.02. The average Bonchev–Trinajstić information content (AvgIpc) is 2.94. The number of nitrogens with one attached hydrogen (secondary N) is 1. The predicted octanol–water partition coefficient (Wildman–Crippen LogP) is 3.81. The molecule has 0 bridgehead atoms. The Hall–Kier alpha value is -1.52. The van der Waals surface area contributed by atoms with Crippen molar-refractivity contribution in [3.63, 3.8) is 0 Å². The van der Waals surface area contributed by atoms with Crippen molar-refractivity contribution in [1.29, 1.82) is 0 Å². The molecule has 0 aliphatic carbocycles. The molecule has 1 aromatic heterocycles. The van der Waals surface area contributed by atoms with E-state index in [0.29, 0.717) is 6.61 Å². The maximum atomic E-state index is 9.38. The molecular formula is C16H21NO2S. The summed E-state index contributed by atoms with van der Waals surface area (Å²) in [5.74, 6) is 0.755. The molecule has 0 unspecified atom stereocenters. The first-order chi connectivity index (χ1) is 9.76. The van der Waals surface area contributed by atoms with Crippen LogP contribution in [0.1, 0.15) is 29.2 Å². The van der Waals surface area contributed by atoms with Crippen LogP contribution in [0.5, 0.6) is 5.75 Å². The molecule has 0 aliphatic rings. The molecule has 20 heavy (non-hydrogen) atoms. The summed E-state index contributed by atoms with van der Waals surface area (Å²) in [6, 6.07) is 10.2. The van der Waals surface area contributed by atoms with E-state index < -0.39 is 0 Å². The van der Waals surface area contributed by atoms with Crippen molar-refractivity contribution in [2.45, 2.75) is 33.4 Å². The Morgan fingerprint density at radius 3 is 2.60 bits per heavy atom. The first kappa shape index (κ1) is 14.9. The monoisotopic (exact) mass is 291 g/mol. The minimum atomic E-state index is -0.0101. The summed E-state index contributed by atoms with van der Waals surface area (Å²) in [5, 5.41) is 12.8. The Kier molecular flexibility index (Phi) is 5.44. The van der Waals surface area contributed by atoms with Crippen LogP contribution in [0.15, 0.2) is 30.3 Å². The third-order valence-corrected chi connectivity index (χ3v) is 4.29. The Bertz CT molecular complexity index is 551. The second-order valence-electron chi connectivity index (χ2n) is 4.49. The normalized spacial score (nSPS) is 10.6. The van der Waals surface area contributed by atoms with E-state index in [1.165, 1.54) is 9.75 Å². The quantitative estimate of drug-likeness (QED) is 0.815. The van der Waals surface area contributed by atoms with Gasteiger partial charge in [-0.25, -0.2) is 0 Å². The fourth-order valence-electron chi connectivity index (χ4n) is 2.01. The molecule has 1 heterocycles. The van der Waals surface area contributed by atoms with Gasteiger partial charge in [0.25, 0.3) is 0 Å². The molecule has 0 fully saturated rings. The summed E-state index contributed by atoms with van der Waals surface area (Å²) in [7, 11) is 0. The summed E-state index contributed by atoms with van der Waals surface area (Å²) >= 11 is 1.84. The largest absolute Gasteiger partial charge is 0.494 e. The third kappa shape index (κ3) is 3.74. The van der Waals surface area contributed by atoms with Crippen LogP contribution in [0.3, 0.4) is 0 Å². The molecule has 2 rings (SSSR count). The van der Waals surface area contributed by atoms with E-state index in [-0.39, 0.29) is 6.61 Å². The first-order valence-electron chi connectivity index (χ1n) is 6.94. The lowest BCUT2D eigenvalue weighted by Gasteiger charge is -2.11. The highest BCUT2D eigenvalue weighted by atomic mass is 32.1. The van der Waals surface area contributed by atoms with Gasteiger partial charge < -0.3 is 15.2 Å². The number of anilines is 1. The number of hydrogen-bond donors (Lipinski definition) is 2. The highest BCUT2D eigenvalue weighted by molar-refractivity contribution is 7.12. The van der Waals surface area contributed by atoms with Crippen LogP contribution in [0.2, 0.25) is 0 Å². The molecule has 0 radical (unpaired) electrons. The minimum Gasteiger partial charge on any atom is -0.494 e. The summed E-state index contributed by atoms with van der Waals surface area (Å²) in [6.45, 7) is 5.51. The second kappa shape index (κ2) is 7.31. The number of hydrogen-bond acceptors (Lipinski definition) is 4. The molecule has 0 atom stereocenters. The number of aliphatic hydroxyl groups is 1. The third-order valence-electron chi connectivity index (χ3n) is 3.06. The summed E-state index contributed by atoms with van der Waals surface area (Å²) in [4.78, 5) is 2.73. The molecule has 108 valence electrons. The standard InChI is InChI=1S/C16H21NO2S/c1-3-14-6-7-15(20-14)10-17-13-5-8-16(19-4-2)12(9-13)11-18/h5-9,17-18H,3-4,10-11H2,1-2H3. The van der Waals surface area contributed by atoms with E-state index in [1.54, 1.807) is 0 Å². The van der Waals surface area contributed by atoms with Gasteiger partial charge in [0.05, 0.1) is 13.2 Å². The van der Waals surface area contributed by atoms with Crippen molar-refractivity contribution < 1.29 is 9.84 Å². The van der Waals surface area contributed by atoms with Crippen LogP contribution in [-0.2, 0) is 19.6 Å². The van der Waals surface area contributed by atoms with Crippen LogP contribution in [0, 0.1) is 0 Å². The average molecular weight is 291 g/mol. The van der Waals surface area contributed by atoms with Crippen molar-refractivity contribution in [2.75, 3.05) is 11.9 Å². The van der Waals surface area contributed by atoms with Gasteiger partial charge in [-0.1, -0.05) is 6.92 Å². The lowest BCUT2D eigenvalue weighted by Crippen LogP contribution is -2.01. The Labute approximate surface area is 124 Å². The van der Waals surface area contributed by atoms with Gasteiger partial charge in [-0.3, -0.25) is 0 Å². The van der Waals surface area contributed by atoms with Gasteiger partial charge in [0, 0.05) is 27.5 Å². The number of ether oxygens (including phenoxy) is 1. The molecule has 0 spiro atoms. The van der Waals surface area contributed by atoms with E-state index in [0.717, 1.165) is 30.0 Å². The number of aliphatic hydroxyl groups excluding tert-OH is 1. The second-order valence-corrected chi connectivity index (χ2v) is 5.74. The first-order valence-corrected chi connectivity index (χ1v) is 7.76. The molecule has 1 aromatic carbocycles. The zero-order chi connectivity index (χ0) is 14.4. The van der Waals surface area contributed by atoms with E-state index in [2.05, 4.69) is 24.4 Å². The Morgan fingerprint density at radius 1 is 1.15 bits per heavy atom. The van der Waals surface area contributed by atoms with Crippen molar-refractivity contribution in [1.82, 2.24) is 0 Å². The van der Waals surface area contributed by atoms with E-state index in [1.807, 2.05) is 36.5 Å². The van der Waals surface area contributed by atoms with E-state index in [9.17, 15) is 5.11 Å². The molecular weight excluding hydrogens is 270 g/mol. The minimum absolute atomic E-state index is 0.0101. The van der Waals surface area contributed by atoms with Gasteiger partial charge in [-0.2, -0.15) is 0 Å². The maximum Gasteiger partial charge on any atom is 0.124 e. The zero-order valence-electron chi connectivity index (χ0n) is 12.0. The highest BCUT2D eigenvalue weighted by Crippen LogP contribution is 2.24. The molecule has 0 aliphatic heterocycles. The van der Waals surface area contributed by atoms with Gasteiger partial charge in [-0.15, -0.1) is 11.3 Å². The molecule has 3 nitrogen and oxygen atoms in total. The Morgan fingerprint density at radius 2 is 1.95 bits per heavy atom. The topological polar surface area (TPSA) is 41.5 Å². The van der Waals surface area contributed by atoms with Gasteiger partial charge in [-0.05, 0) is 43.7 Å². The van der Waals surface area contributed by atoms with E-state index in [4.69, 9.17) is 4.74 Å². The van der Waals surface area contributed by atoms with Gasteiger partial charge in [0.15, 0.2) is 0 Å².